The molecule has 2 amide bonds. The first-order chi connectivity index (χ1) is 14.6. The lowest BCUT2D eigenvalue weighted by molar-refractivity contribution is 0.202. The molecular formula is C22H26N6O2. The molecule has 1 atom stereocenters. The number of nitrogens with one attached hydrogen (secondary N) is 2. The second-order valence-electron chi connectivity index (χ2n) is 7.72. The van der Waals surface area contributed by atoms with Crippen LogP contribution in [0.2, 0.25) is 0 Å². The van der Waals surface area contributed by atoms with Crippen LogP contribution in [0.3, 0.4) is 0 Å². The zero-order valence-corrected chi connectivity index (χ0v) is 17.2. The molecule has 0 radical (unpaired) electrons. The fourth-order valence-electron chi connectivity index (χ4n) is 3.52. The summed E-state index contributed by atoms with van der Waals surface area (Å²) in [6.07, 6.45) is 4.01. The number of nitrogens with zero attached hydrogens (tertiary/aromatic N) is 4. The van der Waals surface area contributed by atoms with E-state index in [1.807, 2.05) is 6.07 Å². The topological polar surface area (TPSA) is 96.2 Å². The largest absolute Gasteiger partial charge is 0.336 e. The first kappa shape index (κ1) is 20.0. The summed E-state index contributed by atoms with van der Waals surface area (Å²) in [5, 5.41) is 9.59. The van der Waals surface area contributed by atoms with Crippen molar-refractivity contribution < 1.29 is 9.32 Å². The Hall–Kier alpha value is -3.26. The fraction of sp³-hybridized carbons (Fsp3) is 0.364. The van der Waals surface area contributed by atoms with Gasteiger partial charge in [-0.05, 0) is 50.4 Å². The maximum absolute atomic E-state index is 12.4. The lowest BCUT2D eigenvalue weighted by Crippen LogP contribution is -2.44. The molecule has 0 spiro atoms. The van der Waals surface area contributed by atoms with E-state index in [4.69, 9.17) is 4.52 Å². The van der Waals surface area contributed by atoms with Crippen LogP contribution >= 0.6 is 0 Å². The predicted octanol–water partition coefficient (Wildman–Crippen LogP) is 3.47. The number of pyridine rings is 1. The van der Waals surface area contributed by atoms with Crippen molar-refractivity contribution >= 4 is 11.7 Å². The number of rotatable bonds is 8. The van der Waals surface area contributed by atoms with Gasteiger partial charge in [-0.15, -0.1) is 0 Å². The van der Waals surface area contributed by atoms with E-state index in [1.54, 1.807) is 25.3 Å². The number of hydrogen-bond acceptors (Lipinski definition) is 6. The van der Waals surface area contributed by atoms with E-state index < -0.39 is 0 Å². The second-order valence-corrected chi connectivity index (χ2v) is 7.72. The van der Waals surface area contributed by atoms with Crippen LogP contribution in [0.5, 0.6) is 0 Å². The number of aryl methyl sites for hydroxylation is 1. The predicted molar refractivity (Wildman–Crippen MR) is 114 cm³/mol. The van der Waals surface area contributed by atoms with Crippen molar-refractivity contribution in [2.24, 2.45) is 5.92 Å². The molecule has 0 saturated heterocycles. The van der Waals surface area contributed by atoms with E-state index in [-0.39, 0.29) is 6.03 Å². The molecule has 30 heavy (non-hydrogen) atoms. The Morgan fingerprint density at radius 2 is 2.03 bits per heavy atom. The Bertz CT molecular complexity index is 969. The third-order valence-corrected chi connectivity index (χ3v) is 5.25. The normalized spacial score (nSPS) is 14.5. The van der Waals surface area contributed by atoms with Crippen molar-refractivity contribution in [3.8, 4) is 11.6 Å². The van der Waals surface area contributed by atoms with E-state index in [0.29, 0.717) is 41.6 Å². The number of hydrogen-bond donors (Lipinski definition) is 2. The number of carbonyl (C=O) groups excluding carboxylic acids is 1. The molecule has 1 fully saturated rings. The Balaban J connectivity index is 1.29. The third-order valence-electron chi connectivity index (χ3n) is 5.25. The molecule has 0 aliphatic heterocycles. The van der Waals surface area contributed by atoms with Crippen molar-refractivity contribution in [2.45, 2.75) is 32.4 Å². The van der Waals surface area contributed by atoms with Gasteiger partial charge in [0.15, 0.2) is 5.82 Å². The molecule has 2 heterocycles. The number of urea groups is 1. The van der Waals surface area contributed by atoms with Gasteiger partial charge in [-0.3, -0.25) is 4.90 Å². The first-order valence-corrected chi connectivity index (χ1v) is 10.1. The Morgan fingerprint density at radius 1 is 1.23 bits per heavy atom. The highest BCUT2D eigenvalue weighted by molar-refractivity contribution is 5.89. The van der Waals surface area contributed by atoms with Gasteiger partial charge < -0.3 is 15.2 Å². The Labute approximate surface area is 175 Å². The fourth-order valence-corrected chi connectivity index (χ4v) is 3.52. The van der Waals surface area contributed by atoms with E-state index in [1.165, 1.54) is 18.4 Å². The molecule has 1 aromatic carbocycles. The van der Waals surface area contributed by atoms with Crippen LogP contribution in [0.15, 0.2) is 53.2 Å². The van der Waals surface area contributed by atoms with Gasteiger partial charge in [-0.2, -0.15) is 4.98 Å². The molecule has 2 aromatic heterocycles. The molecule has 8 heteroatoms. The summed E-state index contributed by atoms with van der Waals surface area (Å²) in [6, 6.07) is 14.0. The average Bonchev–Trinajstić information content (AvgIpc) is 3.49. The van der Waals surface area contributed by atoms with E-state index >= 15 is 0 Å². The van der Waals surface area contributed by atoms with Crippen LogP contribution < -0.4 is 10.6 Å². The van der Waals surface area contributed by atoms with Crippen LogP contribution in [0.1, 0.15) is 24.2 Å². The summed E-state index contributed by atoms with van der Waals surface area (Å²) in [6.45, 7) is 3.22. The van der Waals surface area contributed by atoms with Gasteiger partial charge in [0.05, 0.1) is 11.9 Å². The lowest BCUT2D eigenvalue weighted by atomic mass is 10.1. The minimum Gasteiger partial charge on any atom is -0.336 e. The number of carbonyl (C=O) groups is 1. The third kappa shape index (κ3) is 5.21. The molecule has 1 aliphatic rings. The first-order valence-electron chi connectivity index (χ1n) is 10.1. The second kappa shape index (κ2) is 9.04. The number of amides is 2. The summed E-state index contributed by atoms with van der Waals surface area (Å²) in [5.74, 6) is 1.55. The Kier molecular flexibility index (Phi) is 6.04. The van der Waals surface area contributed by atoms with Crippen molar-refractivity contribution in [3.05, 3.63) is 60.0 Å². The van der Waals surface area contributed by atoms with Gasteiger partial charge in [-0.1, -0.05) is 35.5 Å². The van der Waals surface area contributed by atoms with E-state index in [2.05, 4.69) is 62.0 Å². The van der Waals surface area contributed by atoms with Crippen LogP contribution in [-0.4, -0.2) is 45.7 Å². The monoisotopic (exact) mass is 406 g/mol. The van der Waals surface area contributed by atoms with Crippen molar-refractivity contribution in [1.82, 2.24) is 25.3 Å². The zero-order chi connectivity index (χ0) is 20.9. The molecular weight excluding hydrogens is 380 g/mol. The molecule has 8 nitrogen and oxygen atoms in total. The Morgan fingerprint density at radius 3 is 2.67 bits per heavy atom. The van der Waals surface area contributed by atoms with Gasteiger partial charge in [-0.25, -0.2) is 9.78 Å². The molecule has 4 rings (SSSR count). The summed E-state index contributed by atoms with van der Waals surface area (Å²) >= 11 is 0. The lowest BCUT2D eigenvalue weighted by Gasteiger charge is -2.28. The summed E-state index contributed by atoms with van der Waals surface area (Å²) in [4.78, 5) is 23.1. The van der Waals surface area contributed by atoms with Gasteiger partial charge in [0.25, 0.3) is 5.89 Å². The average molecular weight is 406 g/mol. The van der Waals surface area contributed by atoms with Gasteiger partial charge >= 0.3 is 6.03 Å². The number of anilines is 1. The van der Waals surface area contributed by atoms with Crippen LogP contribution in [0, 0.1) is 12.8 Å². The molecule has 1 saturated carbocycles. The van der Waals surface area contributed by atoms with Gasteiger partial charge in [0.1, 0.15) is 5.69 Å². The number of likely N-dealkylation sites (N-methyl/N-ethyl adjacent to an activating group) is 1. The summed E-state index contributed by atoms with van der Waals surface area (Å²) < 4.78 is 5.10. The van der Waals surface area contributed by atoms with E-state index in [0.717, 1.165) is 6.54 Å². The number of benzene rings is 1. The van der Waals surface area contributed by atoms with Crippen molar-refractivity contribution in [3.63, 3.8) is 0 Å². The maximum Gasteiger partial charge on any atom is 0.319 e. The zero-order valence-electron chi connectivity index (χ0n) is 17.2. The summed E-state index contributed by atoms with van der Waals surface area (Å²) in [5.41, 5.74) is 2.45. The molecule has 1 aliphatic carbocycles. The quantitative estimate of drug-likeness (QED) is 0.595. The SMILES string of the molecule is Cc1noc(-c2ccc(NC(=O)NCC(C3CC3)N(C)Cc3ccccc3)cn2)n1. The van der Waals surface area contributed by atoms with Crippen molar-refractivity contribution in [1.29, 1.82) is 0 Å². The molecule has 156 valence electrons. The smallest absolute Gasteiger partial charge is 0.319 e. The number of aromatic nitrogens is 3. The molecule has 2 N–H and O–H groups in total. The highest BCUT2D eigenvalue weighted by Gasteiger charge is 2.34. The molecule has 1 unspecified atom stereocenters. The summed E-state index contributed by atoms with van der Waals surface area (Å²) in [7, 11) is 2.12. The molecule has 0 bridgehead atoms. The maximum atomic E-state index is 12.4. The minimum atomic E-state index is -0.239. The van der Waals surface area contributed by atoms with Crippen molar-refractivity contribution in [2.75, 3.05) is 18.9 Å². The standard InChI is InChI=1S/C22H26N6O2/c1-15-25-21(30-27-15)19-11-10-18(12-23-19)26-22(29)24-13-20(17-8-9-17)28(2)14-16-6-4-3-5-7-16/h3-7,10-12,17,20H,8-9,13-14H2,1-2H3,(H2,24,26,29). The van der Waals surface area contributed by atoms with Gasteiger partial charge in [0, 0.05) is 19.1 Å². The van der Waals surface area contributed by atoms with Crippen LogP contribution in [0.4, 0.5) is 10.5 Å². The molecule has 3 aromatic rings. The van der Waals surface area contributed by atoms with E-state index in [9.17, 15) is 4.79 Å². The highest BCUT2D eigenvalue weighted by atomic mass is 16.5. The van der Waals surface area contributed by atoms with Gasteiger partial charge in [0.2, 0.25) is 0 Å². The minimum absolute atomic E-state index is 0.239. The van der Waals surface area contributed by atoms with Crippen LogP contribution in [-0.2, 0) is 6.54 Å². The van der Waals surface area contributed by atoms with Crippen LogP contribution in [0.25, 0.3) is 11.6 Å². The highest BCUT2D eigenvalue weighted by Crippen LogP contribution is 2.35.